The summed E-state index contributed by atoms with van der Waals surface area (Å²) < 4.78 is 0. The molecule has 0 saturated carbocycles. The Bertz CT molecular complexity index is 648. The predicted octanol–water partition coefficient (Wildman–Crippen LogP) is 2.58. The van der Waals surface area contributed by atoms with E-state index in [1.807, 2.05) is 23.2 Å². The van der Waals surface area contributed by atoms with Gasteiger partial charge in [0.2, 0.25) is 5.91 Å². The van der Waals surface area contributed by atoms with E-state index in [1.54, 1.807) is 0 Å². The molecule has 1 amide bonds. The summed E-state index contributed by atoms with van der Waals surface area (Å²) >= 11 is 0. The van der Waals surface area contributed by atoms with Crippen molar-refractivity contribution in [2.24, 2.45) is 4.99 Å². The third-order valence-corrected chi connectivity index (χ3v) is 5.60. The van der Waals surface area contributed by atoms with E-state index in [1.165, 1.54) is 6.42 Å². The van der Waals surface area contributed by atoms with E-state index in [9.17, 15) is 4.79 Å². The van der Waals surface area contributed by atoms with Gasteiger partial charge >= 0.3 is 0 Å². The van der Waals surface area contributed by atoms with Gasteiger partial charge in [-0.1, -0.05) is 6.07 Å². The minimum Gasteiger partial charge on any atom is -0.357 e. The van der Waals surface area contributed by atoms with Gasteiger partial charge in [-0.15, -0.1) is 24.0 Å². The molecule has 0 aromatic carbocycles. The Hall–Kier alpha value is -1.58. The summed E-state index contributed by atoms with van der Waals surface area (Å²) in [5.41, 5.74) is 0. The van der Waals surface area contributed by atoms with E-state index in [0.717, 1.165) is 63.9 Å². The van der Waals surface area contributed by atoms with Crippen LogP contribution in [0, 0.1) is 0 Å². The summed E-state index contributed by atoms with van der Waals surface area (Å²) in [6.07, 6.45) is 5.82. The smallest absolute Gasteiger partial charge is 0.224 e. The first-order valence-corrected chi connectivity index (χ1v) is 10.7. The van der Waals surface area contributed by atoms with E-state index in [2.05, 4.69) is 40.0 Å². The van der Waals surface area contributed by atoms with Crippen molar-refractivity contribution in [1.29, 1.82) is 0 Å². The van der Waals surface area contributed by atoms with Gasteiger partial charge in [-0.3, -0.25) is 9.79 Å². The SMILES string of the molecule is CCNC(=NCCC(=O)N1CCCCC1C)N1CCN(c2ccccn2)CC1.I. The first-order valence-electron chi connectivity index (χ1n) is 10.7. The Morgan fingerprint density at radius 2 is 2.00 bits per heavy atom. The maximum absolute atomic E-state index is 12.5. The molecule has 0 radical (unpaired) electrons. The molecule has 2 fully saturated rings. The van der Waals surface area contributed by atoms with Gasteiger partial charge in [0.25, 0.3) is 0 Å². The lowest BCUT2D eigenvalue weighted by molar-refractivity contribution is -0.134. The van der Waals surface area contributed by atoms with Crippen molar-refractivity contribution in [3.05, 3.63) is 24.4 Å². The van der Waals surface area contributed by atoms with Crippen LogP contribution in [0.4, 0.5) is 5.82 Å². The molecule has 162 valence electrons. The Morgan fingerprint density at radius 1 is 1.21 bits per heavy atom. The number of likely N-dealkylation sites (tertiary alicyclic amines) is 1. The lowest BCUT2D eigenvalue weighted by Crippen LogP contribution is -2.52. The normalized spacial score (nSPS) is 20.3. The molecule has 3 heterocycles. The van der Waals surface area contributed by atoms with Gasteiger partial charge in [0, 0.05) is 57.9 Å². The number of piperidine rings is 1. The molecule has 1 aromatic rings. The lowest BCUT2D eigenvalue weighted by Gasteiger charge is -2.37. The highest BCUT2D eigenvalue weighted by molar-refractivity contribution is 14.0. The minimum absolute atomic E-state index is 0. The number of rotatable bonds is 5. The minimum atomic E-state index is 0. The summed E-state index contributed by atoms with van der Waals surface area (Å²) in [4.78, 5) is 28.4. The van der Waals surface area contributed by atoms with Crippen LogP contribution in [0.1, 0.15) is 39.5 Å². The topological polar surface area (TPSA) is 64.1 Å². The highest BCUT2D eigenvalue weighted by Crippen LogP contribution is 2.17. The van der Waals surface area contributed by atoms with Gasteiger partial charge in [0.15, 0.2) is 5.96 Å². The zero-order valence-electron chi connectivity index (χ0n) is 17.7. The fraction of sp³-hybridized carbons (Fsp3) is 0.667. The summed E-state index contributed by atoms with van der Waals surface area (Å²) in [7, 11) is 0. The molecule has 2 aliphatic heterocycles. The Kier molecular flexibility index (Phi) is 9.96. The van der Waals surface area contributed by atoms with Crippen molar-refractivity contribution in [3.8, 4) is 0 Å². The van der Waals surface area contributed by atoms with Crippen LogP contribution in [-0.4, -0.2) is 78.5 Å². The van der Waals surface area contributed by atoms with Crippen LogP contribution in [0.15, 0.2) is 29.4 Å². The molecule has 0 bridgehead atoms. The van der Waals surface area contributed by atoms with Crippen LogP contribution in [0.2, 0.25) is 0 Å². The molecular formula is C21H35IN6O. The Balaban J connectivity index is 0.00000300. The van der Waals surface area contributed by atoms with Crippen molar-refractivity contribution in [1.82, 2.24) is 20.1 Å². The first-order chi connectivity index (χ1) is 13.7. The van der Waals surface area contributed by atoms with Crippen molar-refractivity contribution < 1.29 is 4.79 Å². The van der Waals surface area contributed by atoms with E-state index in [0.29, 0.717) is 19.0 Å². The number of carbonyl (C=O) groups is 1. The summed E-state index contributed by atoms with van der Waals surface area (Å²) in [5, 5.41) is 3.39. The van der Waals surface area contributed by atoms with E-state index < -0.39 is 0 Å². The highest BCUT2D eigenvalue weighted by atomic mass is 127. The van der Waals surface area contributed by atoms with Crippen LogP contribution >= 0.6 is 24.0 Å². The summed E-state index contributed by atoms with van der Waals surface area (Å²) in [6, 6.07) is 6.41. The lowest BCUT2D eigenvalue weighted by atomic mass is 10.0. The molecule has 8 heteroatoms. The fourth-order valence-corrected chi connectivity index (χ4v) is 3.98. The number of halogens is 1. The Morgan fingerprint density at radius 3 is 2.66 bits per heavy atom. The van der Waals surface area contributed by atoms with Crippen molar-refractivity contribution in [2.75, 3.05) is 50.7 Å². The first kappa shape index (κ1) is 23.7. The van der Waals surface area contributed by atoms with Gasteiger partial charge in [0.1, 0.15) is 5.82 Å². The number of nitrogens with one attached hydrogen (secondary N) is 1. The number of amides is 1. The van der Waals surface area contributed by atoms with Gasteiger partial charge < -0.3 is 20.0 Å². The third kappa shape index (κ3) is 6.72. The number of carbonyl (C=O) groups excluding carboxylic acids is 1. The van der Waals surface area contributed by atoms with E-state index in [-0.39, 0.29) is 29.9 Å². The summed E-state index contributed by atoms with van der Waals surface area (Å²) in [5.74, 6) is 2.19. The average molecular weight is 514 g/mol. The zero-order valence-corrected chi connectivity index (χ0v) is 20.0. The quantitative estimate of drug-likeness (QED) is 0.372. The molecular weight excluding hydrogens is 479 g/mol. The molecule has 0 spiro atoms. The molecule has 2 saturated heterocycles. The van der Waals surface area contributed by atoms with Crippen LogP contribution in [-0.2, 0) is 4.79 Å². The van der Waals surface area contributed by atoms with Gasteiger partial charge in [0.05, 0.1) is 6.54 Å². The van der Waals surface area contributed by atoms with Crippen LogP contribution in [0.25, 0.3) is 0 Å². The molecule has 0 aliphatic carbocycles. The molecule has 1 unspecified atom stereocenters. The second kappa shape index (κ2) is 12.2. The molecule has 1 atom stereocenters. The zero-order chi connectivity index (χ0) is 19.8. The molecule has 7 nitrogen and oxygen atoms in total. The Labute approximate surface area is 192 Å². The number of anilines is 1. The maximum Gasteiger partial charge on any atom is 0.224 e. The molecule has 29 heavy (non-hydrogen) atoms. The molecule has 1 N–H and O–H groups in total. The number of aliphatic imine (C=N–C) groups is 1. The number of piperazine rings is 1. The second-order valence-electron chi connectivity index (χ2n) is 7.58. The largest absolute Gasteiger partial charge is 0.357 e. The van der Waals surface area contributed by atoms with E-state index >= 15 is 0 Å². The molecule has 1 aromatic heterocycles. The fourth-order valence-electron chi connectivity index (χ4n) is 3.98. The highest BCUT2D eigenvalue weighted by Gasteiger charge is 2.23. The van der Waals surface area contributed by atoms with Crippen molar-refractivity contribution >= 4 is 41.7 Å². The monoisotopic (exact) mass is 514 g/mol. The number of guanidine groups is 1. The molecule has 3 rings (SSSR count). The van der Waals surface area contributed by atoms with Crippen molar-refractivity contribution in [2.45, 2.75) is 45.6 Å². The number of hydrogen-bond donors (Lipinski definition) is 1. The maximum atomic E-state index is 12.5. The standard InChI is InChI=1S/C21H34N6O.HI/c1-3-22-21(24-12-10-20(28)27-13-7-5-8-18(27)2)26-16-14-25(15-17-26)19-9-4-6-11-23-19;/h4,6,9,11,18H,3,5,7-8,10,12-17H2,1-2H3,(H,22,24);1H. The van der Waals surface area contributed by atoms with Crippen LogP contribution in [0.3, 0.4) is 0 Å². The average Bonchev–Trinajstić information content (AvgIpc) is 2.74. The van der Waals surface area contributed by atoms with Crippen LogP contribution in [0.5, 0.6) is 0 Å². The number of nitrogens with zero attached hydrogens (tertiary/aromatic N) is 5. The second-order valence-corrected chi connectivity index (χ2v) is 7.58. The van der Waals surface area contributed by atoms with Crippen molar-refractivity contribution in [3.63, 3.8) is 0 Å². The number of pyridine rings is 1. The van der Waals surface area contributed by atoms with Gasteiger partial charge in [-0.25, -0.2) is 4.98 Å². The predicted molar refractivity (Wildman–Crippen MR) is 129 cm³/mol. The summed E-state index contributed by atoms with van der Waals surface area (Å²) in [6.45, 7) is 10.2. The van der Waals surface area contributed by atoms with E-state index in [4.69, 9.17) is 4.99 Å². The van der Waals surface area contributed by atoms with Gasteiger partial charge in [-0.2, -0.15) is 0 Å². The number of aromatic nitrogens is 1. The number of hydrogen-bond acceptors (Lipinski definition) is 4. The van der Waals surface area contributed by atoms with Crippen LogP contribution < -0.4 is 10.2 Å². The third-order valence-electron chi connectivity index (χ3n) is 5.60. The van der Waals surface area contributed by atoms with Gasteiger partial charge in [-0.05, 0) is 45.2 Å². The molecule has 2 aliphatic rings.